The average molecular weight is 479 g/mol. The lowest BCUT2D eigenvalue weighted by Crippen LogP contribution is -2.42. The van der Waals surface area contributed by atoms with E-state index < -0.39 is 6.10 Å². The molecule has 10 heteroatoms. The monoisotopic (exact) mass is 478 g/mol. The maximum atomic E-state index is 11.5. The second-order valence-corrected chi connectivity index (χ2v) is 10.0. The van der Waals surface area contributed by atoms with Crippen molar-refractivity contribution in [3.8, 4) is 5.75 Å². The highest BCUT2D eigenvalue weighted by atomic mass is 32.1. The van der Waals surface area contributed by atoms with Crippen LogP contribution in [0.1, 0.15) is 30.2 Å². The molecule has 4 heterocycles. The molecule has 4 aromatic rings. The van der Waals surface area contributed by atoms with E-state index in [2.05, 4.69) is 25.5 Å². The zero-order valence-corrected chi connectivity index (χ0v) is 19.6. The lowest BCUT2D eigenvalue weighted by atomic mass is 9.81. The van der Waals surface area contributed by atoms with Gasteiger partial charge in [0, 0.05) is 22.9 Å². The van der Waals surface area contributed by atoms with Gasteiger partial charge in [0.25, 0.3) is 0 Å². The van der Waals surface area contributed by atoms with Gasteiger partial charge in [0.1, 0.15) is 22.7 Å². The molecule has 1 saturated heterocycles. The van der Waals surface area contributed by atoms with Crippen LogP contribution < -0.4 is 10.1 Å². The summed E-state index contributed by atoms with van der Waals surface area (Å²) in [5, 5.41) is 23.2. The third-order valence-corrected chi connectivity index (χ3v) is 8.22. The van der Waals surface area contributed by atoms with Gasteiger partial charge in [0.2, 0.25) is 6.41 Å². The van der Waals surface area contributed by atoms with Crippen molar-refractivity contribution in [1.29, 1.82) is 0 Å². The number of thiophene rings is 1. The van der Waals surface area contributed by atoms with E-state index in [0.717, 1.165) is 64.0 Å². The molecule has 2 aliphatic rings. The second kappa shape index (κ2) is 8.52. The molecule has 1 fully saturated rings. The third-order valence-electron chi connectivity index (χ3n) is 7.06. The van der Waals surface area contributed by atoms with Crippen molar-refractivity contribution in [1.82, 2.24) is 25.1 Å². The van der Waals surface area contributed by atoms with Crippen LogP contribution in [0, 0.1) is 5.92 Å². The van der Waals surface area contributed by atoms with E-state index in [4.69, 9.17) is 4.74 Å². The third kappa shape index (κ3) is 3.48. The molecule has 34 heavy (non-hydrogen) atoms. The number of ether oxygens (including phenoxy) is 1. The van der Waals surface area contributed by atoms with Gasteiger partial charge in [-0.1, -0.05) is 0 Å². The Kier molecular flexibility index (Phi) is 5.34. The smallest absolute Gasteiger partial charge is 0.210 e. The number of anilines is 2. The number of fused-ring (bicyclic) bond motifs is 4. The van der Waals surface area contributed by atoms with Gasteiger partial charge in [-0.05, 0) is 50.2 Å². The van der Waals surface area contributed by atoms with E-state index in [9.17, 15) is 9.90 Å². The average Bonchev–Trinajstić information content (AvgIpc) is 3.55. The first kappa shape index (κ1) is 21.3. The fourth-order valence-corrected chi connectivity index (χ4v) is 6.80. The van der Waals surface area contributed by atoms with E-state index >= 15 is 0 Å². The number of carbonyl (C=O) groups is 1. The van der Waals surface area contributed by atoms with E-state index in [1.165, 1.54) is 10.4 Å². The van der Waals surface area contributed by atoms with Crippen LogP contribution in [0.15, 0.2) is 24.7 Å². The number of rotatable bonds is 6. The molecule has 0 bridgehead atoms. The Bertz CT molecular complexity index is 1370. The summed E-state index contributed by atoms with van der Waals surface area (Å²) in [6.45, 7) is 3.14. The van der Waals surface area contributed by atoms with Gasteiger partial charge < -0.3 is 20.1 Å². The van der Waals surface area contributed by atoms with Gasteiger partial charge >= 0.3 is 0 Å². The molecule has 0 saturated carbocycles. The Morgan fingerprint density at radius 3 is 3.12 bits per heavy atom. The number of aromatic nitrogens is 4. The minimum atomic E-state index is -0.446. The lowest BCUT2D eigenvalue weighted by molar-refractivity contribution is -0.120. The van der Waals surface area contributed by atoms with Crippen molar-refractivity contribution in [3.05, 3.63) is 35.1 Å². The molecule has 2 unspecified atom stereocenters. The Hall–Kier alpha value is -3.24. The van der Waals surface area contributed by atoms with Gasteiger partial charge in [0.05, 0.1) is 41.5 Å². The summed E-state index contributed by atoms with van der Waals surface area (Å²) in [4.78, 5) is 24.7. The fourth-order valence-electron chi connectivity index (χ4n) is 5.52. The number of aryl methyl sites for hydroxylation is 1. The van der Waals surface area contributed by atoms with Crippen molar-refractivity contribution in [2.75, 3.05) is 18.5 Å². The molecule has 1 aliphatic heterocycles. The Balaban J connectivity index is 1.36. The van der Waals surface area contributed by atoms with Gasteiger partial charge in [0.15, 0.2) is 0 Å². The summed E-state index contributed by atoms with van der Waals surface area (Å²) >= 11 is 1.69. The Morgan fingerprint density at radius 1 is 1.35 bits per heavy atom. The molecule has 1 aromatic carbocycles. The number of nitrogens with one attached hydrogen (secondary N) is 2. The number of benzene rings is 1. The first-order chi connectivity index (χ1) is 16.7. The first-order valence-corrected chi connectivity index (χ1v) is 12.5. The minimum absolute atomic E-state index is 0.102. The number of nitrogens with zero attached hydrogens (tertiary/aromatic N) is 4. The van der Waals surface area contributed by atoms with E-state index in [0.29, 0.717) is 19.6 Å². The summed E-state index contributed by atoms with van der Waals surface area (Å²) in [7, 11) is 0. The zero-order chi connectivity index (χ0) is 23.2. The predicted octanol–water partition coefficient (Wildman–Crippen LogP) is 3.41. The molecular weight excluding hydrogens is 452 g/mol. The number of aromatic amines is 1. The van der Waals surface area contributed by atoms with Crippen LogP contribution in [-0.4, -0.2) is 61.9 Å². The molecule has 176 valence electrons. The molecule has 9 nitrogen and oxygen atoms in total. The molecule has 6 rings (SSSR count). The number of amides is 1. The van der Waals surface area contributed by atoms with Crippen molar-refractivity contribution < 1.29 is 14.6 Å². The largest absolute Gasteiger partial charge is 0.492 e. The summed E-state index contributed by atoms with van der Waals surface area (Å²) in [6, 6.07) is 3.86. The molecular formula is C24H26N6O3S. The molecule has 3 aromatic heterocycles. The topological polar surface area (TPSA) is 116 Å². The quantitative estimate of drug-likeness (QED) is 0.364. The van der Waals surface area contributed by atoms with Gasteiger partial charge in [-0.3, -0.25) is 9.89 Å². The summed E-state index contributed by atoms with van der Waals surface area (Å²) < 4.78 is 5.89. The Morgan fingerprint density at radius 2 is 2.26 bits per heavy atom. The normalized spacial score (nSPS) is 22.3. The first-order valence-electron chi connectivity index (χ1n) is 11.7. The van der Waals surface area contributed by atoms with Crippen LogP contribution in [0.2, 0.25) is 0 Å². The maximum absolute atomic E-state index is 11.5. The SMILES string of the molecule is CCOc1cc2[nH]ncc2cc1Nc1ncnc2sc3c(c12)CCC(C1[C@H](O)CCN1C=O)C3. The molecule has 1 aliphatic carbocycles. The van der Waals surface area contributed by atoms with Gasteiger partial charge in [-0.15, -0.1) is 11.3 Å². The van der Waals surface area contributed by atoms with Crippen LogP contribution in [-0.2, 0) is 17.6 Å². The number of aliphatic hydroxyl groups is 1. The number of hydrogen-bond donors (Lipinski definition) is 3. The highest BCUT2D eigenvalue weighted by molar-refractivity contribution is 7.19. The molecule has 3 N–H and O–H groups in total. The van der Waals surface area contributed by atoms with Crippen LogP contribution in [0.3, 0.4) is 0 Å². The highest BCUT2D eigenvalue weighted by Gasteiger charge is 2.40. The van der Waals surface area contributed by atoms with Gasteiger partial charge in [-0.2, -0.15) is 5.10 Å². The number of H-pyrrole nitrogens is 1. The summed E-state index contributed by atoms with van der Waals surface area (Å²) in [6.07, 6.45) is 7.12. The standard InChI is InChI=1S/C24H26N6O3S/c1-2-33-19-9-16-14(10-27-29-16)7-17(19)28-23-21-15-4-3-13(22-18(32)5-6-30(22)12-31)8-20(15)34-24(21)26-11-25-23/h7,9-13,18,22,32H,2-6,8H2,1H3,(H,27,29)(H,25,26,28)/t13?,18-,22?/m1/s1. The highest BCUT2D eigenvalue weighted by Crippen LogP contribution is 2.43. The number of carbonyl (C=O) groups excluding carboxylic acids is 1. The number of hydrogen-bond acceptors (Lipinski definition) is 8. The van der Waals surface area contributed by atoms with Gasteiger partial charge in [-0.25, -0.2) is 9.97 Å². The van der Waals surface area contributed by atoms with Crippen LogP contribution in [0.5, 0.6) is 5.75 Å². The summed E-state index contributed by atoms with van der Waals surface area (Å²) in [5.41, 5.74) is 3.02. The van der Waals surface area contributed by atoms with Crippen molar-refractivity contribution in [2.45, 2.75) is 44.8 Å². The van der Waals surface area contributed by atoms with Crippen LogP contribution in [0.4, 0.5) is 11.5 Å². The van der Waals surface area contributed by atoms with E-state index in [1.807, 2.05) is 19.1 Å². The molecule has 3 atom stereocenters. The predicted molar refractivity (Wildman–Crippen MR) is 131 cm³/mol. The lowest BCUT2D eigenvalue weighted by Gasteiger charge is -2.33. The molecule has 1 amide bonds. The molecule has 0 spiro atoms. The van der Waals surface area contributed by atoms with E-state index in [-0.39, 0.29) is 12.0 Å². The zero-order valence-electron chi connectivity index (χ0n) is 18.8. The molecule has 0 radical (unpaired) electrons. The van der Waals surface area contributed by atoms with Crippen molar-refractivity contribution in [2.24, 2.45) is 5.92 Å². The Labute approximate surface area is 200 Å². The second-order valence-electron chi connectivity index (χ2n) is 8.96. The number of aliphatic hydroxyl groups excluding tert-OH is 1. The minimum Gasteiger partial charge on any atom is -0.492 e. The fraction of sp³-hybridized carbons (Fsp3) is 0.417. The van der Waals surface area contributed by atoms with Crippen molar-refractivity contribution >= 4 is 50.4 Å². The van der Waals surface area contributed by atoms with E-state index in [1.54, 1.807) is 28.8 Å². The number of likely N-dealkylation sites (tertiary alicyclic amines) is 1. The van der Waals surface area contributed by atoms with Crippen LogP contribution in [0.25, 0.3) is 21.1 Å². The van der Waals surface area contributed by atoms with Crippen molar-refractivity contribution in [3.63, 3.8) is 0 Å². The summed E-state index contributed by atoms with van der Waals surface area (Å²) in [5.74, 6) is 1.75. The van der Waals surface area contributed by atoms with Crippen LogP contribution >= 0.6 is 11.3 Å². The maximum Gasteiger partial charge on any atom is 0.210 e.